The zero-order valence-corrected chi connectivity index (χ0v) is 10.8. The summed E-state index contributed by atoms with van der Waals surface area (Å²) in [6, 6.07) is 4.15. The Morgan fingerprint density at radius 3 is 3.06 bits per heavy atom. The van der Waals surface area contributed by atoms with Gasteiger partial charge >= 0.3 is 0 Å². The van der Waals surface area contributed by atoms with Crippen molar-refractivity contribution in [2.75, 3.05) is 13.3 Å². The lowest BCUT2D eigenvalue weighted by Crippen LogP contribution is -2.22. The van der Waals surface area contributed by atoms with Crippen molar-refractivity contribution in [1.82, 2.24) is 5.32 Å². The molecule has 1 aliphatic heterocycles. The Bertz CT molecular complexity index is 432. The van der Waals surface area contributed by atoms with Crippen molar-refractivity contribution in [2.24, 2.45) is 0 Å². The van der Waals surface area contributed by atoms with E-state index in [0.29, 0.717) is 22.6 Å². The Kier molecular flexibility index (Phi) is 3.92. The first-order valence-electron chi connectivity index (χ1n) is 5.71. The second kappa shape index (κ2) is 5.43. The fraction of sp³-hybridized carbons (Fsp3) is 0.385. The van der Waals surface area contributed by atoms with Crippen LogP contribution >= 0.6 is 11.6 Å². The Balaban J connectivity index is 2.15. The van der Waals surface area contributed by atoms with Gasteiger partial charge in [-0.3, -0.25) is 0 Å². The van der Waals surface area contributed by atoms with Gasteiger partial charge in [-0.15, -0.1) is 0 Å². The average Bonchev–Trinajstić information content (AvgIpc) is 2.75. The molecular weight excluding hydrogens is 238 g/mol. The highest BCUT2D eigenvalue weighted by molar-refractivity contribution is 6.32. The molecule has 0 aromatic heterocycles. The monoisotopic (exact) mass is 253 g/mol. The lowest BCUT2D eigenvalue weighted by molar-refractivity contribution is 0.174. The molecule has 0 spiro atoms. The van der Waals surface area contributed by atoms with Crippen LogP contribution in [0.1, 0.15) is 19.4 Å². The number of ether oxygens (including phenoxy) is 2. The molecule has 0 saturated carbocycles. The van der Waals surface area contributed by atoms with Crippen LogP contribution in [0, 0.1) is 0 Å². The van der Waals surface area contributed by atoms with Gasteiger partial charge < -0.3 is 14.8 Å². The maximum Gasteiger partial charge on any atom is 0.231 e. The van der Waals surface area contributed by atoms with Gasteiger partial charge in [-0.1, -0.05) is 30.7 Å². The van der Waals surface area contributed by atoms with E-state index in [2.05, 4.69) is 25.2 Å². The third-order valence-electron chi connectivity index (χ3n) is 2.55. The molecule has 3 nitrogen and oxygen atoms in total. The molecule has 17 heavy (non-hydrogen) atoms. The molecule has 1 aliphatic rings. The SMILES string of the molecule is CCNC(C)/C=C/c1cc(Cl)c2c(c1)OCO2. The van der Waals surface area contributed by atoms with Crippen molar-refractivity contribution >= 4 is 17.7 Å². The minimum Gasteiger partial charge on any atom is -0.454 e. The van der Waals surface area contributed by atoms with Gasteiger partial charge in [-0.05, 0) is 31.2 Å². The van der Waals surface area contributed by atoms with E-state index in [1.54, 1.807) is 0 Å². The predicted octanol–water partition coefficient (Wildman–Crippen LogP) is 3.08. The molecule has 1 aromatic rings. The van der Waals surface area contributed by atoms with Gasteiger partial charge in [0, 0.05) is 6.04 Å². The summed E-state index contributed by atoms with van der Waals surface area (Å²) in [5.41, 5.74) is 1.02. The van der Waals surface area contributed by atoms with Crippen LogP contribution in [0.15, 0.2) is 18.2 Å². The number of nitrogens with one attached hydrogen (secondary N) is 1. The standard InChI is InChI=1S/C13H16ClNO2/c1-3-15-9(2)4-5-10-6-11(14)13-12(7-10)16-8-17-13/h4-7,9,15H,3,8H2,1-2H3/b5-4+. The van der Waals surface area contributed by atoms with E-state index in [1.165, 1.54) is 0 Å². The number of halogens is 1. The Labute approximate surface area is 106 Å². The molecule has 92 valence electrons. The minimum absolute atomic E-state index is 0.246. The van der Waals surface area contributed by atoms with Gasteiger partial charge in [0.1, 0.15) is 0 Å². The maximum atomic E-state index is 6.10. The van der Waals surface area contributed by atoms with E-state index in [0.717, 1.165) is 12.1 Å². The summed E-state index contributed by atoms with van der Waals surface area (Å²) in [4.78, 5) is 0. The van der Waals surface area contributed by atoms with E-state index in [-0.39, 0.29) is 6.79 Å². The zero-order chi connectivity index (χ0) is 12.3. The quantitative estimate of drug-likeness (QED) is 0.895. The van der Waals surface area contributed by atoms with Gasteiger partial charge in [0.15, 0.2) is 11.5 Å². The number of likely N-dealkylation sites (N-methyl/N-ethyl adjacent to an activating group) is 1. The van der Waals surface area contributed by atoms with Gasteiger partial charge in [-0.2, -0.15) is 0 Å². The lowest BCUT2D eigenvalue weighted by atomic mass is 10.1. The molecule has 0 radical (unpaired) electrons. The highest BCUT2D eigenvalue weighted by atomic mass is 35.5. The normalized spacial score (nSPS) is 15.5. The van der Waals surface area contributed by atoms with Crippen molar-refractivity contribution in [3.63, 3.8) is 0 Å². The van der Waals surface area contributed by atoms with Crippen molar-refractivity contribution in [2.45, 2.75) is 19.9 Å². The van der Waals surface area contributed by atoms with Gasteiger partial charge in [0.25, 0.3) is 0 Å². The van der Waals surface area contributed by atoms with Gasteiger partial charge in [0.05, 0.1) is 5.02 Å². The van der Waals surface area contributed by atoms with E-state index in [1.807, 2.05) is 18.2 Å². The van der Waals surface area contributed by atoms with Crippen molar-refractivity contribution < 1.29 is 9.47 Å². The molecule has 0 aliphatic carbocycles. The van der Waals surface area contributed by atoms with Crippen molar-refractivity contribution in [3.05, 3.63) is 28.8 Å². The van der Waals surface area contributed by atoms with Crippen LogP contribution in [-0.2, 0) is 0 Å². The third kappa shape index (κ3) is 2.93. The topological polar surface area (TPSA) is 30.5 Å². The number of rotatable bonds is 4. The smallest absolute Gasteiger partial charge is 0.231 e. The van der Waals surface area contributed by atoms with Crippen LogP contribution in [0.5, 0.6) is 11.5 Å². The average molecular weight is 254 g/mol. The molecule has 1 unspecified atom stereocenters. The fourth-order valence-electron chi connectivity index (χ4n) is 1.73. The summed E-state index contributed by atoms with van der Waals surface area (Å²) < 4.78 is 10.6. The summed E-state index contributed by atoms with van der Waals surface area (Å²) in [5, 5.41) is 3.90. The second-order valence-corrected chi connectivity index (χ2v) is 4.35. The van der Waals surface area contributed by atoms with E-state index >= 15 is 0 Å². The maximum absolute atomic E-state index is 6.10. The highest BCUT2D eigenvalue weighted by Gasteiger charge is 2.17. The third-order valence-corrected chi connectivity index (χ3v) is 2.83. The van der Waals surface area contributed by atoms with Crippen LogP contribution in [-0.4, -0.2) is 19.4 Å². The van der Waals surface area contributed by atoms with E-state index < -0.39 is 0 Å². The fourth-order valence-corrected chi connectivity index (χ4v) is 2.00. The van der Waals surface area contributed by atoms with Crippen LogP contribution in [0.4, 0.5) is 0 Å². The number of hydrogen-bond donors (Lipinski definition) is 1. The van der Waals surface area contributed by atoms with Crippen LogP contribution < -0.4 is 14.8 Å². The Morgan fingerprint density at radius 2 is 2.29 bits per heavy atom. The molecule has 0 bridgehead atoms. The molecule has 1 aromatic carbocycles. The molecule has 2 rings (SSSR count). The highest BCUT2D eigenvalue weighted by Crippen LogP contribution is 2.40. The van der Waals surface area contributed by atoms with Crippen molar-refractivity contribution in [3.8, 4) is 11.5 Å². The van der Waals surface area contributed by atoms with Crippen molar-refractivity contribution in [1.29, 1.82) is 0 Å². The molecule has 1 heterocycles. The largest absolute Gasteiger partial charge is 0.454 e. The molecule has 1 N–H and O–H groups in total. The number of fused-ring (bicyclic) bond motifs is 1. The van der Waals surface area contributed by atoms with Crippen LogP contribution in [0.3, 0.4) is 0 Å². The first-order valence-corrected chi connectivity index (χ1v) is 6.09. The van der Waals surface area contributed by atoms with Gasteiger partial charge in [-0.25, -0.2) is 0 Å². The first kappa shape index (κ1) is 12.3. The Morgan fingerprint density at radius 1 is 1.47 bits per heavy atom. The summed E-state index contributed by atoms with van der Waals surface area (Å²) in [5.74, 6) is 1.36. The summed E-state index contributed by atoms with van der Waals surface area (Å²) in [6.07, 6.45) is 4.12. The molecular formula is C13H16ClNO2. The molecule has 4 heteroatoms. The zero-order valence-electron chi connectivity index (χ0n) is 10.00. The molecule has 0 fully saturated rings. The van der Waals surface area contributed by atoms with Crippen LogP contribution in [0.25, 0.3) is 6.08 Å². The second-order valence-electron chi connectivity index (χ2n) is 3.94. The predicted molar refractivity (Wildman–Crippen MR) is 69.7 cm³/mol. The summed E-state index contributed by atoms with van der Waals surface area (Å²) in [7, 11) is 0. The first-order chi connectivity index (χ1) is 8.20. The number of hydrogen-bond acceptors (Lipinski definition) is 3. The van der Waals surface area contributed by atoms with Crippen LogP contribution in [0.2, 0.25) is 5.02 Å². The lowest BCUT2D eigenvalue weighted by Gasteiger charge is -2.06. The summed E-state index contributed by atoms with van der Waals surface area (Å²) in [6.45, 7) is 5.39. The van der Waals surface area contributed by atoms with Gasteiger partial charge in [0.2, 0.25) is 6.79 Å². The Hall–Kier alpha value is -1.19. The molecule has 0 amide bonds. The minimum atomic E-state index is 0.246. The summed E-state index contributed by atoms with van der Waals surface area (Å²) >= 11 is 6.10. The molecule has 0 saturated heterocycles. The molecule has 1 atom stereocenters. The van der Waals surface area contributed by atoms with E-state index in [9.17, 15) is 0 Å². The van der Waals surface area contributed by atoms with E-state index in [4.69, 9.17) is 21.1 Å². The number of benzene rings is 1.